The Labute approximate surface area is 154 Å². The second-order valence-electron chi connectivity index (χ2n) is 7.52. The smallest absolute Gasteiger partial charge is 0.338 e. The van der Waals surface area contributed by atoms with Gasteiger partial charge in [0.15, 0.2) is 0 Å². The van der Waals surface area contributed by atoms with Crippen molar-refractivity contribution in [1.29, 1.82) is 0 Å². The minimum atomic E-state index is -0.489. The molecule has 136 valence electrons. The number of hydrogen-bond donors (Lipinski definition) is 1. The van der Waals surface area contributed by atoms with Crippen molar-refractivity contribution in [2.24, 2.45) is 5.73 Å². The van der Waals surface area contributed by atoms with Gasteiger partial charge in [-0.05, 0) is 69.0 Å². The molecule has 4 heteroatoms. The van der Waals surface area contributed by atoms with Gasteiger partial charge in [-0.2, -0.15) is 0 Å². The first-order chi connectivity index (χ1) is 12.4. The average molecular weight is 350 g/mol. The summed E-state index contributed by atoms with van der Waals surface area (Å²) in [5, 5.41) is 1.22. The summed E-state index contributed by atoms with van der Waals surface area (Å²) in [6.45, 7) is 6.98. The van der Waals surface area contributed by atoms with E-state index in [1.165, 1.54) is 16.6 Å². The summed E-state index contributed by atoms with van der Waals surface area (Å²) in [5.41, 5.74) is 9.43. The average Bonchev–Trinajstić information content (AvgIpc) is 2.92. The first kappa shape index (κ1) is 18.2. The lowest BCUT2D eigenvalue weighted by Gasteiger charge is -2.19. The predicted octanol–water partition coefficient (Wildman–Crippen LogP) is 4.15. The molecule has 2 aromatic carbocycles. The molecule has 0 fully saturated rings. The van der Waals surface area contributed by atoms with Gasteiger partial charge < -0.3 is 15.0 Å². The van der Waals surface area contributed by atoms with Crippen LogP contribution in [0.3, 0.4) is 0 Å². The maximum Gasteiger partial charge on any atom is 0.338 e. The van der Waals surface area contributed by atoms with Crippen molar-refractivity contribution >= 4 is 16.9 Å². The van der Waals surface area contributed by atoms with Crippen LogP contribution in [-0.4, -0.2) is 22.7 Å². The number of fused-ring (bicyclic) bond motifs is 1. The molecule has 1 aromatic heterocycles. The molecule has 0 aliphatic carbocycles. The van der Waals surface area contributed by atoms with E-state index in [9.17, 15) is 4.79 Å². The zero-order chi connectivity index (χ0) is 18.7. The number of esters is 1. The minimum Gasteiger partial charge on any atom is -0.456 e. The highest BCUT2D eigenvalue weighted by Gasteiger charge is 2.17. The Bertz CT molecular complexity index is 902. The van der Waals surface area contributed by atoms with E-state index in [0.717, 1.165) is 18.5 Å². The van der Waals surface area contributed by atoms with E-state index < -0.39 is 5.60 Å². The normalized spacial score (nSPS) is 11.7. The highest BCUT2D eigenvalue weighted by Crippen LogP contribution is 2.22. The topological polar surface area (TPSA) is 57.2 Å². The van der Waals surface area contributed by atoms with Crippen LogP contribution in [0.25, 0.3) is 10.9 Å². The Morgan fingerprint density at radius 1 is 1.08 bits per heavy atom. The summed E-state index contributed by atoms with van der Waals surface area (Å²) in [6.07, 6.45) is 0.838. The first-order valence-electron chi connectivity index (χ1n) is 8.97. The summed E-state index contributed by atoms with van der Waals surface area (Å²) in [4.78, 5) is 12.2. The number of nitrogens with zero attached hydrogens (tertiary/aromatic N) is 1. The third-order valence-corrected chi connectivity index (χ3v) is 4.23. The molecule has 4 nitrogen and oxygen atoms in total. The number of ether oxygens (including phenoxy) is 1. The van der Waals surface area contributed by atoms with Gasteiger partial charge >= 0.3 is 5.97 Å². The van der Waals surface area contributed by atoms with Gasteiger partial charge in [-0.15, -0.1) is 0 Å². The van der Waals surface area contributed by atoms with E-state index >= 15 is 0 Å². The van der Waals surface area contributed by atoms with Crippen molar-refractivity contribution in [3.8, 4) is 0 Å². The number of rotatable bonds is 5. The van der Waals surface area contributed by atoms with Gasteiger partial charge in [-0.3, -0.25) is 0 Å². The number of aromatic nitrogens is 1. The van der Waals surface area contributed by atoms with Gasteiger partial charge in [0, 0.05) is 17.8 Å². The summed E-state index contributed by atoms with van der Waals surface area (Å²) >= 11 is 0. The second kappa shape index (κ2) is 7.34. The zero-order valence-corrected chi connectivity index (χ0v) is 15.7. The van der Waals surface area contributed by atoms with E-state index in [0.29, 0.717) is 12.1 Å². The maximum absolute atomic E-state index is 12.2. The van der Waals surface area contributed by atoms with Crippen LogP contribution in [0.2, 0.25) is 0 Å². The van der Waals surface area contributed by atoms with E-state index in [1.54, 1.807) is 0 Å². The molecule has 0 spiro atoms. The molecule has 0 saturated carbocycles. The highest BCUT2D eigenvalue weighted by atomic mass is 16.6. The number of para-hydroxylation sites is 1. The van der Waals surface area contributed by atoms with Crippen LogP contribution in [0.15, 0.2) is 54.6 Å². The van der Waals surface area contributed by atoms with Crippen molar-refractivity contribution < 1.29 is 9.53 Å². The Morgan fingerprint density at radius 3 is 2.42 bits per heavy atom. The summed E-state index contributed by atoms with van der Waals surface area (Å²) in [7, 11) is 0. The third kappa shape index (κ3) is 4.14. The molecule has 2 N–H and O–H groups in total. The van der Waals surface area contributed by atoms with Crippen LogP contribution in [-0.2, 0) is 17.7 Å². The zero-order valence-electron chi connectivity index (χ0n) is 15.7. The minimum absolute atomic E-state index is 0.292. The molecule has 0 aliphatic heterocycles. The molecule has 1 heterocycles. The Balaban J connectivity index is 1.84. The third-order valence-electron chi connectivity index (χ3n) is 4.23. The summed E-state index contributed by atoms with van der Waals surface area (Å²) < 4.78 is 7.72. The van der Waals surface area contributed by atoms with Crippen LogP contribution in [0.1, 0.15) is 42.4 Å². The molecule has 0 bridgehead atoms. The Kier molecular flexibility index (Phi) is 5.14. The number of nitrogens with two attached hydrogens (primary N) is 1. The maximum atomic E-state index is 12.2. The molecule has 0 unspecified atom stereocenters. The fraction of sp³-hybridized carbons (Fsp3) is 0.318. The van der Waals surface area contributed by atoms with Crippen LogP contribution in [0.4, 0.5) is 0 Å². The van der Waals surface area contributed by atoms with Crippen LogP contribution in [0, 0.1) is 0 Å². The van der Waals surface area contributed by atoms with Crippen LogP contribution in [0.5, 0.6) is 0 Å². The van der Waals surface area contributed by atoms with E-state index in [4.69, 9.17) is 10.5 Å². The SMILES string of the molecule is CC(C)(C)OC(=O)c1ccc(Cn2c(CCN)cc3ccccc32)cc1. The predicted molar refractivity (Wildman–Crippen MR) is 105 cm³/mol. The quantitative estimate of drug-likeness (QED) is 0.703. The summed E-state index contributed by atoms with van der Waals surface area (Å²) in [6, 6.07) is 18.2. The van der Waals surface area contributed by atoms with Crippen LogP contribution < -0.4 is 5.73 Å². The van der Waals surface area contributed by atoms with Crippen molar-refractivity contribution in [1.82, 2.24) is 4.57 Å². The largest absolute Gasteiger partial charge is 0.456 e. The van der Waals surface area contributed by atoms with Gasteiger partial charge in [0.1, 0.15) is 5.60 Å². The van der Waals surface area contributed by atoms with Gasteiger partial charge in [-0.25, -0.2) is 4.79 Å². The molecular weight excluding hydrogens is 324 g/mol. The molecule has 0 aliphatic rings. The van der Waals surface area contributed by atoms with Crippen LogP contribution >= 0.6 is 0 Å². The second-order valence-corrected chi connectivity index (χ2v) is 7.52. The molecule has 3 rings (SSSR count). The molecule has 3 aromatic rings. The number of hydrogen-bond acceptors (Lipinski definition) is 3. The summed E-state index contributed by atoms with van der Waals surface area (Å²) in [5.74, 6) is -0.292. The first-order valence-corrected chi connectivity index (χ1v) is 8.97. The van der Waals surface area contributed by atoms with E-state index in [2.05, 4.69) is 34.9 Å². The van der Waals surface area contributed by atoms with Gasteiger partial charge in [-0.1, -0.05) is 30.3 Å². The molecule has 0 atom stereocenters. The Hall–Kier alpha value is -2.59. The molecule has 26 heavy (non-hydrogen) atoms. The van der Waals surface area contributed by atoms with E-state index in [-0.39, 0.29) is 5.97 Å². The van der Waals surface area contributed by atoms with Crippen molar-refractivity contribution in [3.63, 3.8) is 0 Å². The highest BCUT2D eigenvalue weighted by molar-refractivity contribution is 5.89. The number of carbonyl (C=O) groups excluding carboxylic acids is 1. The van der Waals surface area contributed by atoms with Crippen molar-refractivity contribution in [3.05, 3.63) is 71.4 Å². The van der Waals surface area contributed by atoms with E-state index in [1.807, 2.05) is 45.0 Å². The number of benzene rings is 2. The van der Waals surface area contributed by atoms with Gasteiger partial charge in [0.2, 0.25) is 0 Å². The van der Waals surface area contributed by atoms with Gasteiger partial charge in [0.05, 0.1) is 5.56 Å². The number of carbonyl (C=O) groups is 1. The Morgan fingerprint density at radius 2 is 1.77 bits per heavy atom. The van der Waals surface area contributed by atoms with Crippen molar-refractivity contribution in [2.45, 2.75) is 39.3 Å². The fourth-order valence-corrected chi connectivity index (χ4v) is 3.08. The van der Waals surface area contributed by atoms with Gasteiger partial charge in [0.25, 0.3) is 0 Å². The molecule has 0 radical (unpaired) electrons. The standard InChI is InChI=1S/C22H26N2O2/c1-22(2,3)26-21(25)17-10-8-16(9-11-17)15-24-19(12-13-23)14-18-6-4-5-7-20(18)24/h4-11,14H,12-13,15,23H2,1-3H3. The fourth-order valence-electron chi connectivity index (χ4n) is 3.08. The molecule has 0 amide bonds. The lowest BCUT2D eigenvalue weighted by Crippen LogP contribution is -2.23. The monoisotopic (exact) mass is 350 g/mol. The molecule has 0 saturated heterocycles. The lowest BCUT2D eigenvalue weighted by atomic mass is 10.1. The van der Waals surface area contributed by atoms with Crippen molar-refractivity contribution in [2.75, 3.05) is 6.54 Å². The lowest BCUT2D eigenvalue weighted by molar-refractivity contribution is 0.00695. The molecular formula is C22H26N2O2.